The molecule has 1 aliphatic carbocycles. The Morgan fingerprint density at radius 2 is 1.90 bits per heavy atom. The number of nitrogens with zero attached hydrogens (tertiary/aromatic N) is 1. The first-order valence-corrected chi connectivity index (χ1v) is 7.32. The maximum atomic E-state index is 5.41. The summed E-state index contributed by atoms with van der Waals surface area (Å²) in [6.07, 6.45) is 4.40. The maximum Gasteiger partial charge on any atom is 0.117 e. The molecule has 0 bridgehead atoms. The second kappa shape index (κ2) is 6.25. The molecule has 0 aliphatic heterocycles. The fourth-order valence-corrected chi connectivity index (χ4v) is 2.44. The third-order valence-corrected chi connectivity index (χ3v) is 3.72. The number of hydrogen-bond donors (Lipinski definition) is 1. The van der Waals surface area contributed by atoms with Crippen molar-refractivity contribution < 1.29 is 4.42 Å². The molecule has 0 amide bonds. The zero-order valence-corrected chi connectivity index (χ0v) is 12.0. The summed E-state index contributed by atoms with van der Waals surface area (Å²) in [5, 5.41) is 3.60. The van der Waals surface area contributed by atoms with Crippen LogP contribution >= 0.6 is 0 Å². The number of benzene rings is 1. The molecule has 0 unspecified atom stereocenters. The van der Waals surface area contributed by atoms with Gasteiger partial charge in [0.25, 0.3) is 0 Å². The molecule has 1 aliphatic rings. The van der Waals surface area contributed by atoms with Gasteiger partial charge in [0, 0.05) is 19.1 Å². The maximum absolute atomic E-state index is 5.41. The molecule has 0 atom stereocenters. The fourth-order valence-electron chi connectivity index (χ4n) is 2.44. The minimum atomic E-state index is 0.754. The summed E-state index contributed by atoms with van der Waals surface area (Å²) in [4.78, 5) is 2.29. The number of hydrogen-bond acceptors (Lipinski definition) is 3. The van der Waals surface area contributed by atoms with E-state index in [-0.39, 0.29) is 0 Å². The average molecular weight is 270 g/mol. The van der Waals surface area contributed by atoms with Gasteiger partial charge in [-0.2, -0.15) is 0 Å². The van der Waals surface area contributed by atoms with Crippen LogP contribution < -0.4 is 5.32 Å². The van der Waals surface area contributed by atoms with E-state index in [4.69, 9.17) is 4.42 Å². The van der Waals surface area contributed by atoms with E-state index < -0.39 is 0 Å². The molecule has 3 rings (SSSR count). The Labute approximate surface area is 120 Å². The monoisotopic (exact) mass is 270 g/mol. The molecule has 20 heavy (non-hydrogen) atoms. The molecule has 1 aromatic heterocycles. The Kier molecular flexibility index (Phi) is 4.19. The van der Waals surface area contributed by atoms with Crippen LogP contribution in [-0.2, 0) is 19.6 Å². The van der Waals surface area contributed by atoms with Crippen molar-refractivity contribution in [1.29, 1.82) is 0 Å². The predicted molar refractivity (Wildman–Crippen MR) is 80.2 cm³/mol. The molecule has 2 aromatic rings. The van der Waals surface area contributed by atoms with Gasteiger partial charge in [0.05, 0.1) is 12.8 Å². The second-order valence-corrected chi connectivity index (χ2v) is 5.68. The van der Waals surface area contributed by atoms with Gasteiger partial charge < -0.3 is 9.73 Å². The van der Waals surface area contributed by atoms with Crippen LogP contribution in [0.2, 0.25) is 0 Å². The van der Waals surface area contributed by atoms with Crippen molar-refractivity contribution in [2.45, 2.75) is 38.5 Å². The van der Waals surface area contributed by atoms with Crippen LogP contribution in [0.4, 0.5) is 0 Å². The molecule has 0 spiro atoms. The minimum absolute atomic E-state index is 0.754. The zero-order chi connectivity index (χ0) is 13.8. The lowest BCUT2D eigenvalue weighted by Crippen LogP contribution is -2.20. The van der Waals surface area contributed by atoms with Crippen LogP contribution in [0.5, 0.6) is 0 Å². The van der Waals surface area contributed by atoms with E-state index in [2.05, 4.69) is 41.5 Å². The van der Waals surface area contributed by atoms with Crippen molar-refractivity contribution in [3.8, 4) is 0 Å². The third-order valence-electron chi connectivity index (χ3n) is 3.72. The van der Waals surface area contributed by atoms with E-state index in [9.17, 15) is 0 Å². The highest BCUT2D eigenvalue weighted by Crippen LogP contribution is 2.20. The van der Waals surface area contributed by atoms with Crippen molar-refractivity contribution >= 4 is 0 Å². The lowest BCUT2D eigenvalue weighted by Gasteiger charge is -2.18. The van der Waals surface area contributed by atoms with Gasteiger partial charge in [-0.05, 0) is 43.1 Å². The van der Waals surface area contributed by atoms with Crippen LogP contribution in [0.1, 0.15) is 29.7 Å². The Morgan fingerprint density at radius 3 is 2.60 bits per heavy atom. The molecular weight excluding hydrogens is 248 g/mol. The Balaban J connectivity index is 1.60. The molecule has 0 radical (unpaired) electrons. The van der Waals surface area contributed by atoms with Crippen LogP contribution in [-0.4, -0.2) is 18.0 Å². The van der Waals surface area contributed by atoms with E-state index in [0.717, 1.165) is 31.4 Å². The first-order valence-electron chi connectivity index (χ1n) is 7.32. The van der Waals surface area contributed by atoms with Gasteiger partial charge in [0.2, 0.25) is 0 Å². The zero-order valence-electron chi connectivity index (χ0n) is 12.0. The fraction of sp³-hybridized carbons (Fsp3) is 0.412. The van der Waals surface area contributed by atoms with Crippen LogP contribution in [0, 0.1) is 0 Å². The molecule has 1 heterocycles. The Bertz CT molecular complexity index is 532. The summed E-state index contributed by atoms with van der Waals surface area (Å²) in [7, 11) is 2.13. The lowest BCUT2D eigenvalue weighted by molar-refractivity contribution is 0.287. The van der Waals surface area contributed by atoms with Gasteiger partial charge in [0.1, 0.15) is 5.76 Å². The number of rotatable bonds is 7. The Morgan fingerprint density at radius 1 is 1.10 bits per heavy atom. The van der Waals surface area contributed by atoms with E-state index in [0.29, 0.717) is 0 Å². The summed E-state index contributed by atoms with van der Waals surface area (Å²) in [5.41, 5.74) is 2.81. The normalized spacial score (nSPS) is 14.9. The topological polar surface area (TPSA) is 28.4 Å². The van der Waals surface area contributed by atoms with E-state index in [1.165, 1.54) is 24.0 Å². The molecule has 1 saturated carbocycles. The van der Waals surface area contributed by atoms with Crippen molar-refractivity contribution in [3.05, 3.63) is 59.5 Å². The van der Waals surface area contributed by atoms with Gasteiger partial charge in [-0.3, -0.25) is 4.90 Å². The van der Waals surface area contributed by atoms with Crippen molar-refractivity contribution in [2.75, 3.05) is 7.05 Å². The van der Waals surface area contributed by atoms with E-state index in [1.807, 2.05) is 12.1 Å². The van der Waals surface area contributed by atoms with Gasteiger partial charge in [-0.1, -0.05) is 24.3 Å². The van der Waals surface area contributed by atoms with Gasteiger partial charge in [0.15, 0.2) is 0 Å². The van der Waals surface area contributed by atoms with Gasteiger partial charge in [-0.15, -0.1) is 0 Å². The molecule has 3 heteroatoms. The molecule has 0 saturated heterocycles. The van der Waals surface area contributed by atoms with E-state index >= 15 is 0 Å². The van der Waals surface area contributed by atoms with Crippen molar-refractivity contribution in [3.63, 3.8) is 0 Å². The predicted octanol–water partition coefficient (Wildman–Crippen LogP) is 3.16. The van der Waals surface area contributed by atoms with Crippen LogP contribution in [0.25, 0.3) is 0 Å². The first-order chi connectivity index (χ1) is 9.81. The SMILES string of the molecule is CN(Cc1ccco1)Cc1ccccc1CNC1CC1. The average Bonchev–Trinajstić information content (AvgIpc) is 3.14. The summed E-state index contributed by atoms with van der Waals surface area (Å²) >= 11 is 0. The second-order valence-electron chi connectivity index (χ2n) is 5.68. The largest absolute Gasteiger partial charge is 0.468 e. The smallest absolute Gasteiger partial charge is 0.117 e. The lowest BCUT2D eigenvalue weighted by atomic mass is 10.1. The summed E-state index contributed by atoms with van der Waals surface area (Å²) in [5.74, 6) is 1.01. The van der Waals surface area contributed by atoms with Gasteiger partial charge in [-0.25, -0.2) is 0 Å². The molecule has 3 nitrogen and oxygen atoms in total. The van der Waals surface area contributed by atoms with E-state index in [1.54, 1.807) is 6.26 Å². The van der Waals surface area contributed by atoms with Crippen molar-refractivity contribution in [1.82, 2.24) is 10.2 Å². The highest BCUT2D eigenvalue weighted by atomic mass is 16.3. The third kappa shape index (κ3) is 3.71. The quantitative estimate of drug-likeness (QED) is 0.837. The Hall–Kier alpha value is -1.58. The molecular formula is C17H22N2O. The number of nitrogens with one attached hydrogen (secondary N) is 1. The highest BCUT2D eigenvalue weighted by molar-refractivity contribution is 5.27. The summed E-state index contributed by atoms with van der Waals surface area (Å²) in [6.45, 7) is 2.77. The molecule has 1 fully saturated rings. The van der Waals surface area contributed by atoms with Crippen molar-refractivity contribution in [2.24, 2.45) is 0 Å². The first kappa shape index (κ1) is 13.4. The highest BCUT2D eigenvalue weighted by Gasteiger charge is 2.20. The van der Waals surface area contributed by atoms with Crippen LogP contribution in [0.15, 0.2) is 47.1 Å². The summed E-state index contributed by atoms with van der Waals surface area (Å²) in [6, 6.07) is 13.4. The van der Waals surface area contributed by atoms with Gasteiger partial charge >= 0.3 is 0 Å². The summed E-state index contributed by atoms with van der Waals surface area (Å²) < 4.78 is 5.41. The minimum Gasteiger partial charge on any atom is -0.468 e. The molecule has 1 N–H and O–H groups in total. The van der Waals surface area contributed by atoms with Crippen LogP contribution in [0.3, 0.4) is 0 Å². The number of furan rings is 1. The molecule has 1 aromatic carbocycles. The molecule has 106 valence electrons. The standard InChI is InChI=1S/C17H22N2O/c1-19(13-17-7-4-10-20-17)12-15-6-3-2-5-14(15)11-18-16-8-9-16/h2-7,10,16,18H,8-9,11-13H2,1H3.